The van der Waals surface area contributed by atoms with Crippen molar-refractivity contribution in [3.8, 4) is 5.75 Å². The van der Waals surface area contributed by atoms with Gasteiger partial charge in [0.15, 0.2) is 0 Å². The lowest BCUT2D eigenvalue weighted by Gasteiger charge is -2.08. The van der Waals surface area contributed by atoms with Crippen molar-refractivity contribution < 1.29 is 19.4 Å². The molecule has 88 valence electrons. The summed E-state index contributed by atoms with van der Waals surface area (Å²) in [6.07, 6.45) is 0. The van der Waals surface area contributed by atoms with Crippen LogP contribution in [0.1, 0.15) is 11.1 Å². The average Bonchev–Trinajstić information content (AvgIpc) is 2.15. The Balaban J connectivity index is 2.29. The number of aliphatic carboxylic acids is 1. The molecule has 16 heavy (non-hydrogen) atoms. The van der Waals surface area contributed by atoms with Gasteiger partial charge >= 0.3 is 5.97 Å². The van der Waals surface area contributed by atoms with Crippen LogP contribution in [0.4, 0.5) is 0 Å². The predicted molar refractivity (Wildman–Crippen MR) is 59.9 cm³/mol. The number of hydrogen-bond acceptors (Lipinski definition) is 3. The summed E-state index contributed by atoms with van der Waals surface area (Å²) in [6, 6.07) is 5.93. The molecule has 4 nitrogen and oxygen atoms in total. The predicted octanol–water partition coefficient (Wildman–Crippen LogP) is 1.78. The highest BCUT2D eigenvalue weighted by Gasteiger charge is 1.98. The lowest BCUT2D eigenvalue weighted by atomic mass is 10.1. The normalized spacial score (nSPS) is 10.1. The molecule has 0 atom stereocenters. The van der Waals surface area contributed by atoms with E-state index in [1.807, 2.05) is 26.0 Å². The highest BCUT2D eigenvalue weighted by Crippen LogP contribution is 2.15. The molecule has 0 aliphatic carbocycles. The van der Waals surface area contributed by atoms with Crippen molar-refractivity contribution >= 4 is 5.97 Å². The highest BCUT2D eigenvalue weighted by atomic mass is 16.5. The molecule has 0 unspecified atom stereocenters. The van der Waals surface area contributed by atoms with Crippen LogP contribution in [-0.4, -0.2) is 30.9 Å². The van der Waals surface area contributed by atoms with Crippen LogP contribution < -0.4 is 4.74 Å². The minimum Gasteiger partial charge on any atom is -0.491 e. The van der Waals surface area contributed by atoms with Crippen LogP contribution in [0.2, 0.25) is 0 Å². The van der Waals surface area contributed by atoms with E-state index in [4.69, 9.17) is 14.6 Å². The zero-order chi connectivity index (χ0) is 12.0. The summed E-state index contributed by atoms with van der Waals surface area (Å²) in [6.45, 7) is 4.35. The third kappa shape index (κ3) is 4.79. The van der Waals surface area contributed by atoms with Gasteiger partial charge < -0.3 is 14.6 Å². The Labute approximate surface area is 94.8 Å². The topological polar surface area (TPSA) is 55.8 Å². The van der Waals surface area contributed by atoms with Crippen molar-refractivity contribution in [1.29, 1.82) is 0 Å². The van der Waals surface area contributed by atoms with E-state index < -0.39 is 5.97 Å². The molecule has 1 aromatic carbocycles. The van der Waals surface area contributed by atoms with Gasteiger partial charge in [-0.3, -0.25) is 0 Å². The van der Waals surface area contributed by atoms with Crippen molar-refractivity contribution in [1.82, 2.24) is 0 Å². The molecular formula is C12H16O4. The van der Waals surface area contributed by atoms with Crippen LogP contribution in [0.3, 0.4) is 0 Å². The number of benzene rings is 1. The molecule has 1 rings (SSSR count). The molecule has 1 N–H and O–H groups in total. The van der Waals surface area contributed by atoms with Crippen LogP contribution in [0.5, 0.6) is 5.75 Å². The lowest BCUT2D eigenvalue weighted by molar-refractivity contribution is -0.142. The molecule has 0 bridgehead atoms. The Morgan fingerprint density at radius 3 is 2.38 bits per heavy atom. The maximum atomic E-state index is 10.2. The zero-order valence-corrected chi connectivity index (χ0v) is 9.53. The second-order valence-corrected chi connectivity index (χ2v) is 3.62. The first-order valence-corrected chi connectivity index (χ1v) is 5.08. The van der Waals surface area contributed by atoms with E-state index in [1.54, 1.807) is 0 Å². The van der Waals surface area contributed by atoms with Gasteiger partial charge in [-0.05, 0) is 37.1 Å². The number of carboxylic acids is 1. The molecule has 0 radical (unpaired) electrons. The molecule has 0 saturated carbocycles. The third-order valence-corrected chi connectivity index (χ3v) is 1.92. The quantitative estimate of drug-likeness (QED) is 0.748. The van der Waals surface area contributed by atoms with Gasteiger partial charge in [-0.2, -0.15) is 0 Å². The summed E-state index contributed by atoms with van der Waals surface area (Å²) >= 11 is 0. The maximum absolute atomic E-state index is 10.2. The van der Waals surface area contributed by atoms with E-state index in [0.717, 1.165) is 16.9 Å². The minimum atomic E-state index is -0.966. The van der Waals surface area contributed by atoms with E-state index >= 15 is 0 Å². The molecule has 0 aliphatic rings. The summed E-state index contributed by atoms with van der Waals surface area (Å²) in [5.74, 6) is -0.178. The number of aryl methyl sites for hydroxylation is 2. The number of carbonyl (C=O) groups is 1. The van der Waals surface area contributed by atoms with Crippen LogP contribution in [0.15, 0.2) is 18.2 Å². The van der Waals surface area contributed by atoms with Gasteiger partial charge in [0.05, 0.1) is 6.61 Å². The second kappa shape index (κ2) is 6.12. The molecule has 1 aromatic rings. The first-order chi connectivity index (χ1) is 7.58. The standard InChI is InChI=1S/C12H16O4/c1-9-5-10(2)7-11(6-9)16-4-3-15-8-12(13)14/h5-7H,3-4,8H2,1-2H3,(H,13,14). The van der Waals surface area contributed by atoms with Crippen LogP contribution in [0, 0.1) is 13.8 Å². The summed E-state index contributed by atoms with van der Waals surface area (Å²) in [7, 11) is 0. The third-order valence-electron chi connectivity index (χ3n) is 1.92. The molecule has 0 aliphatic heterocycles. The Morgan fingerprint density at radius 2 is 1.81 bits per heavy atom. The lowest BCUT2D eigenvalue weighted by Crippen LogP contribution is -2.12. The number of rotatable bonds is 6. The zero-order valence-electron chi connectivity index (χ0n) is 9.53. The molecule has 0 aromatic heterocycles. The van der Waals surface area contributed by atoms with Crippen LogP contribution >= 0.6 is 0 Å². The Kier molecular flexibility index (Phi) is 4.79. The molecule has 0 spiro atoms. The molecular weight excluding hydrogens is 208 g/mol. The van der Waals surface area contributed by atoms with Gasteiger partial charge in [0.1, 0.15) is 19.0 Å². The maximum Gasteiger partial charge on any atom is 0.329 e. The Bertz CT molecular complexity index is 340. The van der Waals surface area contributed by atoms with E-state index in [-0.39, 0.29) is 13.2 Å². The van der Waals surface area contributed by atoms with Gasteiger partial charge in [0.2, 0.25) is 0 Å². The molecule has 0 heterocycles. The molecule has 0 amide bonds. The number of hydrogen-bond donors (Lipinski definition) is 1. The second-order valence-electron chi connectivity index (χ2n) is 3.62. The van der Waals surface area contributed by atoms with Gasteiger partial charge in [-0.15, -0.1) is 0 Å². The van der Waals surface area contributed by atoms with E-state index in [1.165, 1.54) is 0 Å². The fraction of sp³-hybridized carbons (Fsp3) is 0.417. The fourth-order valence-electron chi connectivity index (χ4n) is 1.39. The molecule has 4 heteroatoms. The Morgan fingerprint density at radius 1 is 1.19 bits per heavy atom. The van der Waals surface area contributed by atoms with Crippen LogP contribution in [0.25, 0.3) is 0 Å². The fourth-order valence-corrected chi connectivity index (χ4v) is 1.39. The van der Waals surface area contributed by atoms with Crippen molar-refractivity contribution in [3.05, 3.63) is 29.3 Å². The summed E-state index contributed by atoms with van der Waals surface area (Å²) in [5, 5.41) is 8.34. The SMILES string of the molecule is Cc1cc(C)cc(OCCOCC(=O)O)c1. The first kappa shape index (κ1) is 12.5. The Hall–Kier alpha value is -1.55. The minimum absolute atomic E-state index is 0.277. The number of carboxylic acid groups (broad SMARTS) is 1. The van der Waals surface area contributed by atoms with Crippen molar-refractivity contribution in [3.63, 3.8) is 0 Å². The highest BCUT2D eigenvalue weighted by molar-refractivity contribution is 5.67. The van der Waals surface area contributed by atoms with E-state index in [9.17, 15) is 4.79 Å². The largest absolute Gasteiger partial charge is 0.491 e. The van der Waals surface area contributed by atoms with Crippen LogP contribution in [-0.2, 0) is 9.53 Å². The van der Waals surface area contributed by atoms with Gasteiger partial charge in [-0.1, -0.05) is 6.07 Å². The summed E-state index contributed by atoms with van der Waals surface area (Å²) < 4.78 is 10.3. The van der Waals surface area contributed by atoms with Gasteiger partial charge in [0.25, 0.3) is 0 Å². The monoisotopic (exact) mass is 224 g/mol. The summed E-state index contributed by atoms with van der Waals surface area (Å²) in [4.78, 5) is 10.2. The number of ether oxygens (including phenoxy) is 2. The smallest absolute Gasteiger partial charge is 0.329 e. The van der Waals surface area contributed by atoms with Gasteiger partial charge in [0, 0.05) is 0 Å². The van der Waals surface area contributed by atoms with E-state index in [2.05, 4.69) is 6.07 Å². The van der Waals surface area contributed by atoms with Crippen molar-refractivity contribution in [2.45, 2.75) is 13.8 Å². The summed E-state index contributed by atoms with van der Waals surface area (Å²) in [5.41, 5.74) is 2.28. The van der Waals surface area contributed by atoms with Crippen molar-refractivity contribution in [2.24, 2.45) is 0 Å². The first-order valence-electron chi connectivity index (χ1n) is 5.08. The average molecular weight is 224 g/mol. The molecule has 0 saturated heterocycles. The molecule has 0 fully saturated rings. The van der Waals surface area contributed by atoms with E-state index in [0.29, 0.717) is 6.61 Å². The van der Waals surface area contributed by atoms with Crippen molar-refractivity contribution in [2.75, 3.05) is 19.8 Å². The van der Waals surface area contributed by atoms with Gasteiger partial charge in [-0.25, -0.2) is 4.79 Å².